The van der Waals surface area contributed by atoms with Crippen LogP contribution in [0.2, 0.25) is 5.02 Å². The summed E-state index contributed by atoms with van der Waals surface area (Å²) in [7, 11) is 0. The number of hydrogen-bond acceptors (Lipinski definition) is 6. The van der Waals surface area contributed by atoms with Crippen LogP contribution in [-0.2, 0) is 0 Å². The summed E-state index contributed by atoms with van der Waals surface area (Å²) in [6.07, 6.45) is 3.56. The molecule has 4 aromatic rings. The first kappa shape index (κ1) is 18.4. The third-order valence-electron chi connectivity index (χ3n) is 6.95. The quantitative estimate of drug-likeness (QED) is 0.410. The Morgan fingerprint density at radius 3 is 3.03 bits per heavy atom. The van der Waals surface area contributed by atoms with E-state index in [-0.39, 0.29) is 33.9 Å². The smallest absolute Gasteiger partial charge is 0.323 e. The Kier molecular flexibility index (Phi) is 3.70. The van der Waals surface area contributed by atoms with Crippen LogP contribution in [0.4, 0.5) is 10.2 Å². The van der Waals surface area contributed by atoms with Crippen LogP contribution in [0.5, 0.6) is 5.75 Å². The Morgan fingerprint density at radius 1 is 1.22 bits per heavy atom. The highest BCUT2D eigenvalue weighted by atomic mass is 35.5. The summed E-state index contributed by atoms with van der Waals surface area (Å²) in [5, 5.41) is 4.30. The van der Waals surface area contributed by atoms with Crippen LogP contribution < -0.4 is 20.6 Å². The molecule has 0 saturated carbocycles. The minimum atomic E-state index is -0.563. The minimum Gasteiger partial charge on any atom is -0.489 e. The van der Waals surface area contributed by atoms with E-state index in [9.17, 15) is 4.79 Å². The average molecular weight is 453 g/mol. The van der Waals surface area contributed by atoms with Gasteiger partial charge >= 0.3 is 5.69 Å². The first-order valence-electron chi connectivity index (χ1n) is 10.6. The molecule has 32 heavy (non-hydrogen) atoms. The molecule has 10 heteroatoms. The van der Waals surface area contributed by atoms with Crippen molar-refractivity contribution in [2.24, 2.45) is 0 Å². The van der Waals surface area contributed by atoms with Gasteiger partial charge in [0.25, 0.3) is 0 Å². The Labute approximate surface area is 185 Å². The number of aromatic amines is 2. The van der Waals surface area contributed by atoms with E-state index < -0.39 is 5.82 Å². The molecular formula is C22H18ClFN6O2. The molecule has 2 aromatic carbocycles. The van der Waals surface area contributed by atoms with Crippen LogP contribution in [0, 0.1) is 5.82 Å². The molecule has 3 aliphatic heterocycles. The van der Waals surface area contributed by atoms with Crippen molar-refractivity contribution in [2.45, 2.75) is 31.0 Å². The predicted molar refractivity (Wildman–Crippen MR) is 119 cm³/mol. The highest BCUT2D eigenvalue weighted by molar-refractivity contribution is 6.37. The lowest BCUT2D eigenvalue weighted by atomic mass is 10.00. The molecule has 0 amide bonds. The number of benzene rings is 2. The summed E-state index contributed by atoms with van der Waals surface area (Å²) in [6.45, 7) is 1.19. The van der Waals surface area contributed by atoms with Gasteiger partial charge in [-0.05, 0) is 18.9 Å². The lowest BCUT2D eigenvalue weighted by Crippen LogP contribution is -2.60. The van der Waals surface area contributed by atoms with Crippen LogP contribution in [0.1, 0.15) is 12.8 Å². The van der Waals surface area contributed by atoms with Gasteiger partial charge in [0.1, 0.15) is 24.3 Å². The topological polar surface area (TPSA) is 98.9 Å². The molecule has 2 fully saturated rings. The summed E-state index contributed by atoms with van der Waals surface area (Å²) in [5.74, 6) is 0.479. The van der Waals surface area contributed by atoms with Crippen molar-refractivity contribution >= 4 is 39.4 Å². The van der Waals surface area contributed by atoms with Crippen LogP contribution in [0.3, 0.4) is 0 Å². The van der Waals surface area contributed by atoms with Gasteiger partial charge in [-0.15, -0.1) is 0 Å². The van der Waals surface area contributed by atoms with Gasteiger partial charge in [-0.2, -0.15) is 0 Å². The maximum Gasteiger partial charge on any atom is 0.323 e. The lowest BCUT2D eigenvalue weighted by Gasteiger charge is -2.40. The molecule has 0 unspecified atom stereocenters. The summed E-state index contributed by atoms with van der Waals surface area (Å²) >= 11 is 6.83. The first-order valence-corrected chi connectivity index (χ1v) is 11.0. The Hall–Kier alpha value is -3.17. The number of nitrogens with zero attached hydrogens (tertiary/aromatic N) is 3. The average Bonchev–Trinajstić information content (AvgIpc) is 3.31. The first-order chi connectivity index (χ1) is 15.6. The van der Waals surface area contributed by atoms with Gasteiger partial charge in [0.2, 0.25) is 0 Å². The number of anilines is 1. The number of nitrogens with one attached hydrogen (secondary N) is 3. The molecule has 3 atom stereocenters. The fourth-order valence-electron chi connectivity index (χ4n) is 5.55. The molecule has 3 aliphatic rings. The van der Waals surface area contributed by atoms with E-state index in [1.165, 1.54) is 6.33 Å². The Morgan fingerprint density at radius 2 is 2.12 bits per heavy atom. The van der Waals surface area contributed by atoms with Crippen LogP contribution in [0.25, 0.3) is 33.1 Å². The third-order valence-corrected chi connectivity index (χ3v) is 7.31. The highest BCUT2D eigenvalue weighted by Crippen LogP contribution is 2.49. The fraction of sp³-hybridized carbons (Fsp3) is 0.318. The zero-order valence-electron chi connectivity index (χ0n) is 16.8. The number of piperazine rings is 1. The van der Waals surface area contributed by atoms with E-state index >= 15 is 4.39 Å². The van der Waals surface area contributed by atoms with Crippen molar-refractivity contribution in [2.75, 3.05) is 18.1 Å². The molecule has 0 spiro atoms. The monoisotopic (exact) mass is 452 g/mol. The van der Waals surface area contributed by atoms with Crippen LogP contribution in [-0.4, -0.2) is 51.2 Å². The minimum absolute atomic E-state index is 0.0753. The number of hydrogen-bond donors (Lipinski definition) is 3. The summed E-state index contributed by atoms with van der Waals surface area (Å²) in [6, 6.07) is 5.95. The van der Waals surface area contributed by atoms with Gasteiger partial charge in [-0.3, -0.25) is 0 Å². The van der Waals surface area contributed by atoms with Crippen molar-refractivity contribution in [3.63, 3.8) is 0 Å². The third kappa shape index (κ3) is 2.37. The molecule has 2 saturated heterocycles. The number of imidazole rings is 1. The summed E-state index contributed by atoms with van der Waals surface area (Å²) in [5.41, 5.74) is 1.45. The van der Waals surface area contributed by atoms with Gasteiger partial charge in [0.05, 0.1) is 27.5 Å². The van der Waals surface area contributed by atoms with Crippen molar-refractivity contribution < 1.29 is 9.13 Å². The summed E-state index contributed by atoms with van der Waals surface area (Å²) in [4.78, 5) is 28.4. The molecule has 2 bridgehead atoms. The van der Waals surface area contributed by atoms with Crippen molar-refractivity contribution in [1.82, 2.24) is 25.3 Å². The normalized spacial score (nSPS) is 23.9. The van der Waals surface area contributed by atoms with Crippen LogP contribution in [0.15, 0.2) is 29.3 Å². The largest absolute Gasteiger partial charge is 0.489 e. The standard InChI is InChI=1S/C22H18ClFN6O2/c23-16-14(10-2-1-3-12-18(10)29-22(31)28-12)17(24)19-15-20(16)32-7-13-11-5-4-9(27-11)6-30(13)21(15)26-8-25-19/h1-3,8-9,11,13,27H,4-7H2,(H2,28,29,31)/t9-,11+,13-/m0/s1. The summed E-state index contributed by atoms with van der Waals surface area (Å²) < 4.78 is 22.3. The predicted octanol–water partition coefficient (Wildman–Crippen LogP) is 2.96. The molecule has 0 radical (unpaired) electrons. The van der Waals surface area contributed by atoms with Crippen molar-refractivity contribution in [3.05, 3.63) is 45.9 Å². The number of rotatable bonds is 1. The number of aromatic nitrogens is 4. The van der Waals surface area contributed by atoms with Gasteiger partial charge in [-0.25, -0.2) is 19.2 Å². The van der Waals surface area contributed by atoms with E-state index in [4.69, 9.17) is 16.3 Å². The van der Waals surface area contributed by atoms with E-state index in [1.54, 1.807) is 18.2 Å². The highest BCUT2D eigenvalue weighted by Gasteiger charge is 2.44. The second-order valence-corrected chi connectivity index (χ2v) is 9.02. The molecule has 7 rings (SSSR count). The van der Waals surface area contributed by atoms with Gasteiger partial charge in [0.15, 0.2) is 11.6 Å². The fourth-order valence-corrected chi connectivity index (χ4v) is 5.89. The number of ether oxygens (including phenoxy) is 1. The number of fused-ring (bicyclic) bond motifs is 6. The molecule has 2 aromatic heterocycles. The zero-order chi connectivity index (χ0) is 21.6. The van der Waals surface area contributed by atoms with E-state index in [2.05, 4.69) is 30.2 Å². The maximum absolute atomic E-state index is 16.0. The van der Waals surface area contributed by atoms with Crippen LogP contribution >= 0.6 is 11.6 Å². The molecule has 3 N–H and O–H groups in total. The van der Waals surface area contributed by atoms with E-state index in [0.29, 0.717) is 46.2 Å². The number of para-hydroxylation sites is 1. The lowest BCUT2D eigenvalue weighted by molar-refractivity contribution is 0.244. The molecular weight excluding hydrogens is 435 g/mol. The molecule has 162 valence electrons. The van der Waals surface area contributed by atoms with Crippen molar-refractivity contribution in [3.8, 4) is 16.9 Å². The molecule has 5 heterocycles. The van der Waals surface area contributed by atoms with E-state index in [0.717, 1.165) is 19.4 Å². The zero-order valence-corrected chi connectivity index (χ0v) is 17.5. The maximum atomic E-state index is 16.0. The van der Waals surface area contributed by atoms with E-state index in [1.807, 2.05) is 0 Å². The second kappa shape index (κ2) is 6.43. The Balaban J connectivity index is 1.53. The molecule has 0 aliphatic carbocycles. The van der Waals surface area contributed by atoms with Gasteiger partial charge < -0.3 is 24.9 Å². The number of halogens is 2. The van der Waals surface area contributed by atoms with Crippen molar-refractivity contribution in [1.29, 1.82) is 0 Å². The second-order valence-electron chi connectivity index (χ2n) is 8.64. The SMILES string of the molecule is O=c1[nH]c2cccc(-c3c(Cl)c4c5c(ncnc5c3F)N3C[C@@H]5CC[C@@H](N5)[C@@H]3CO4)c2[nH]1. The number of H-pyrrole nitrogens is 2. The van der Waals surface area contributed by atoms with Gasteiger partial charge in [0, 0.05) is 29.8 Å². The van der Waals surface area contributed by atoms with Gasteiger partial charge in [-0.1, -0.05) is 23.7 Å². The Bertz CT molecular complexity index is 1480. The molecule has 8 nitrogen and oxygen atoms in total.